The molecular weight excluding hydrogens is 462 g/mol. The fourth-order valence-electron chi connectivity index (χ4n) is 5.59. The maximum atomic E-state index is 13.4. The second-order valence-corrected chi connectivity index (χ2v) is 12.6. The van der Waals surface area contributed by atoms with Crippen LogP contribution in [0, 0.1) is 5.92 Å². The molecule has 7 nitrogen and oxygen atoms in total. The third-order valence-electron chi connectivity index (χ3n) is 7.75. The lowest BCUT2D eigenvalue weighted by molar-refractivity contribution is -0.132. The van der Waals surface area contributed by atoms with Gasteiger partial charge in [-0.25, -0.2) is 8.42 Å². The molecule has 0 radical (unpaired) electrons. The van der Waals surface area contributed by atoms with Crippen LogP contribution in [0.25, 0.3) is 0 Å². The standard InChI is InChI=1S/C27H33N3O4S/c1-19-7-6-13-29(16-19)35(33,34)22-10-11-24-23(15-22)27(2,3)26(32)30(24)18-25(31)28-14-12-20-8-4-5-9-21(20)17-28/h4-5,8-11,15,19H,6-7,12-14,16-18H2,1-3H3/t19-/m0/s1. The molecule has 0 unspecified atom stereocenters. The minimum absolute atomic E-state index is 0.0484. The van der Waals surface area contributed by atoms with Crippen molar-refractivity contribution in [3.63, 3.8) is 0 Å². The molecular formula is C27H33N3O4S. The lowest BCUT2D eigenvalue weighted by Crippen LogP contribution is -2.45. The number of piperidine rings is 1. The predicted octanol–water partition coefficient (Wildman–Crippen LogP) is 3.32. The van der Waals surface area contributed by atoms with Crippen molar-refractivity contribution in [1.82, 2.24) is 9.21 Å². The van der Waals surface area contributed by atoms with Gasteiger partial charge in [0, 0.05) is 31.9 Å². The maximum Gasteiger partial charge on any atom is 0.243 e. The molecule has 0 aliphatic carbocycles. The van der Waals surface area contributed by atoms with Gasteiger partial charge in [-0.2, -0.15) is 4.31 Å². The number of carbonyl (C=O) groups excluding carboxylic acids is 2. The number of nitrogens with zero attached hydrogens (tertiary/aromatic N) is 3. The molecule has 1 atom stereocenters. The zero-order chi connectivity index (χ0) is 25.0. The quantitative estimate of drug-likeness (QED) is 0.652. The Morgan fingerprint density at radius 1 is 1.09 bits per heavy atom. The highest BCUT2D eigenvalue weighted by atomic mass is 32.2. The molecule has 0 N–H and O–H groups in total. The van der Waals surface area contributed by atoms with Gasteiger partial charge in [-0.1, -0.05) is 31.2 Å². The molecule has 2 aromatic carbocycles. The number of sulfonamides is 1. The van der Waals surface area contributed by atoms with Gasteiger partial charge in [-0.15, -0.1) is 0 Å². The number of amides is 2. The van der Waals surface area contributed by atoms with Crippen LogP contribution in [-0.2, 0) is 38.0 Å². The SMILES string of the molecule is C[C@H]1CCCN(S(=O)(=O)c2ccc3c(c2)C(C)(C)C(=O)N3CC(=O)N2CCc3ccccc3C2)C1. The van der Waals surface area contributed by atoms with Gasteiger partial charge in [0.05, 0.1) is 10.3 Å². The van der Waals surface area contributed by atoms with Crippen molar-refractivity contribution in [3.8, 4) is 0 Å². The molecule has 8 heteroatoms. The number of hydrogen-bond donors (Lipinski definition) is 0. The fourth-order valence-corrected chi connectivity index (χ4v) is 7.21. The summed E-state index contributed by atoms with van der Waals surface area (Å²) in [6, 6.07) is 13.0. The van der Waals surface area contributed by atoms with Crippen molar-refractivity contribution < 1.29 is 18.0 Å². The van der Waals surface area contributed by atoms with Crippen molar-refractivity contribution in [2.75, 3.05) is 31.1 Å². The highest BCUT2D eigenvalue weighted by Crippen LogP contribution is 2.43. The lowest BCUT2D eigenvalue weighted by atomic mass is 9.86. The van der Waals surface area contributed by atoms with Crippen LogP contribution in [0.5, 0.6) is 0 Å². The number of rotatable bonds is 4. The second-order valence-electron chi connectivity index (χ2n) is 10.6. The number of anilines is 1. The van der Waals surface area contributed by atoms with Crippen LogP contribution >= 0.6 is 0 Å². The smallest absolute Gasteiger partial charge is 0.243 e. The van der Waals surface area contributed by atoms with Gasteiger partial charge in [-0.05, 0) is 73.9 Å². The molecule has 2 amide bonds. The van der Waals surface area contributed by atoms with E-state index in [-0.39, 0.29) is 23.3 Å². The normalized spacial score (nSPS) is 22.1. The van der Waals surface area contributed by atoms with Crippen LogP contribution in [0.1, 0.15) is 50.3 Å². The van der Waals surface area contributed by atoms with Crippen LogP contribution in [0.4, 0.5) is 5.69 Å². The summed E-state index contributed by atoms with van der Waals surface area (Å²) in [6.07, 6.45) is 2.68. The molecule has 35 heavy (non-hydrogen) atoms. The second kappa shape index (κ2) is 8.75. The fraction of sp³-hybridized carbons (Fsp3) is 0.481. The Bertz CT molecular complexity index is 1290. The van der Waals surface area contributed by atoms with Gasteiger partial charge >= 0.3 is 0 Å². The van der Waals surface area contributed by atoms with E-state index < -0.39 is 15.4 Å². The monoisotopic (exact) mass is 495 g/mol. The van der Waals surface area contributed by atoms with E-state index >= 15 is 0 Å². The average molecular weight is 496 g/mol. The molecule has 2 aromatic rings. The van der Waals surface area contributed by atoms with Gasteiger partial charge in [0.25, 0.3) is 0 Å². The largest absolute Gasteiger partial charge is 0.336 e. The topological polar surface area (TPSA) is 78.0 Å². The Morgan fingerprint density at radius 2 is 1.83 bits per heavy atom. The van der Waals surface area contributed by atoms with E-state index in [1.807, 2.05) is 18.2 Å². The van der Waals surface area contributed by atoms with Gasteiger partial charge < -0.3 is 9.80 Å². The highest BCUT2D eigenvalue weighted by Gasteiger charge is 2.45. The molecule has 0 bridgehead atoms. The van der Waals surface area contributed by atoms with Gasteiger partial charge in [0.1, 0.15) is 6.54 Å². The first kappa shape index (κ1) is 24.0. The van der Waals surface area contributed by atoms with Crippen LogP contribution in [0.3, 0.4) is 0 Å². The summed E-state index contributed by atoms with van der Waals surface area (Å²) in [7, 11) is -3.64. The van der Waals surface area contributed by atoms with Gasteiger partial charge in [0.15, 0.2) is 0 Å². The van der Waals surface area contributed by atoms with Gasteiger partial charge in [-0.3, -0.25) is 9.59 Å². The zero-order valence-corrected chi connectivity index (χ0v) is 21.5. The van der Waals surface area contributed by atoms with Crippen molar-refractivity contribution in [2.45, 2.75) is 56.9 Å². The Hall–Kier alpha value is -2.71. The first-order valence-electron chi connectivity index (χ1n) is 12.4. The molecule has 0 aromatic heterocycles. The zero-order valence-electron chi connectivity index (χ0n) is 20.7. The van der Waals surface area contributed by atoms with Crippen LogP contribution in [-0.4, -0.2) is 55.6 Å². The summed E-state index contributed by atoms with van der Waals surface area (Å²) in [5.74, 6) is 0.0455. The van der Waals surface area contributed by atoms with E-state index in [1.165, 1.54) is 10.5 Å². The molecule has 3 heterocycles. The molecule has 186 valence electrons. The van der Waals surface area contributed by atoms with Crippen molar-refractivity contribution >= 4 is 27.5 Å². The molecule has 1 fully saturated rings. The molecule has 5 rings (SSSR count). The average Bonchev–Trinajstić information content (AvgIpc) is 3.03. The minimum atomic E-state index is -3.64. The first-order chi connectivity index (χ1) is 16.6. The number of fused-ring (bicyclic) bond motifs is 2. The van der Waals surface area contributed by atoms with E-state index in [2.05, 4.69) is 13.0 Å². The molecule has 3 aliphatic heterocycles. The Kier molecular flexibility index (Phi) is 6.00. The van der Waals surface area contributed by atoms with Crippen molar-refractivity contribution in [3.05, 3.63) is 59.2 Å². The van der Waals surface area contributed by atoms with Crippen LogP contribution in [0.15, 0.2) is 47.4 Å². The third kappa shape index (κ3) is 4.16. The summed E-state index contributed by atoms with van der Waals surface area (Å²) >= 11 is 0. The Balaban J connectivity index is 1.40. The predicted molar refractivity (Wildman–Crippen MR) is 135 cm³/mol. The summed E-state index contributed by atoms with van der Waals surface area (Å²) < 4.78 is 28.3. The maximum absolute atomic E-state index is 13.4. The summed E-state index contributed by atoms with van der Waals surface area (Å²) in [5, 5.41) is 0. The van der Waals surface area contributed by atoms with Crippen LogP contribution in [0.2, 0.25) is 0 Å². The van der Waals surface area contributed by atoms with Gasteiger partial charge in [0.2, 0.25) is 21.8 Å². The number of carbonyl (C=O) groups is 2. The summed E-state index contributed by atoms with van der Waals surface area (Å²) in [4.78, 5) is 30.2. The minimum Gasteiger partial charge on any atom is -0.336 e. The third-order valence-corrected chi connectivity index (χ3v) is 9.61. The Labute approximate surface area is 207 Å². The van der Waals surface area contributed by atoms with E-state index in [0.717, 1.165) is 24.8 Å². The van der Waals surface area contributed by atoms with Crippen molar-refractivity contribution in [1.29, 1.82) is 0 Å². The van der Waals surface area contributed by atoms with E-state index in [1.54, 1.807) is 41.3 Å². The van der Waals surface area contributed by atoms with E-state index in [9.17, 15) is 18.0 Å². The van der Waals surface area contributed by atoms with E-state index in [4.69, 9.17) is 0 Å². The first-order valence-corrected chi connectivity index (χ1v) is 13.8. The molecule has 0 spiro atoms. The van der Waals surface area contributed by atoms with Crippen molar-refractivity contribution in [2.24, 2.45) is 5.92 Å². The summed E-state index contributed by atoms with van der Waals surface area (Å²) in [5.41, 5.74) is 2.77. The molecule has 3 aliphatic rings. The van der Waals surface area contributed by atoms with Crippen LogP contribution < -0.4 is 4.90 Å². The molecule has 1 saturated heterocycles. The Morgan fingerprint density at radius 3 is 2.57 bits per heavy atom. The van der Waals surface area contributed by atoms with E-state index in [0.29, 0.717) is 43.3 Å². The summed E-state index contributed by atoms with van der Waals surface area (Å²) in [6.45, 7) is 7.82. The highest BCUT2D eigenvalue weighted by molar-refractivity contribution is 7.89. The molecule has 0 saturated carbocycles. The number of benzene rings is 2. The number of hydrogen-bond acceptors (Lipinski definition) is 4. The lowest BCUT2D eigenvalue weighted by Gasteiger charge is -2.31.